The van der Waals surface area contributed by atoms with Crippen molar-refractivity contribution >= 4 is 11.7 Å². The van der Waals surface area contributed by atoms with E-state index in [1.54, 1.807) is 17.0 Å². The fraction of sp³-hybridized carbons (Fsp3) is 0.545. The Balaban J connectivity index is 2.08. The second-order valence-electron chi connectivity index (χ2n) is 4.23. The average Bonchev–Trinajstić information content (AvgIpc) is 2.63. The molecule has 2 heterocycles. The van der Waals surface area contributed by atoms with Gasteiger partial charge >= 0.3 is 0 Å². The highest BCUT2D eigenvalue weighted by molar-refractivity contribution is 5.92. The normalized spacial score (nSPS) is 20.3. The first kappa shape index (κ1) is 12.7. The number of ether oxygens (including phenoxy) is 1. The molecule has 1 unspecified atom stereocenters. The average molecular weight is 251 g/mol. The lowest BCUT2D eigenvalue weighted by Crippen LogP contribution is -2.36. The number of amides is 1. The number of anilines is 1. The van der Waals surface area contributed by atoms with Crippen LogP contribution in [0.25, 0.3) is 0 Å². The molecular formula is C11H17N5O2. The molecule has 1 saturated heterocycles. The van der Waals surface area contributed by atoms with Gasteiger partial charge in [-0.2, -0.15) is 0 Å². The Morgan fingerprint density at radius 1 is 1.56 bits per heavy atom. The van der Waals surface area contributed by atoms with Gasteiger partial charge in [-0.3, -0.25) is 4.79 Å². The minimum atomic E-state index is -0.122. The minimum absolute atomic E-state index is 0.0504. The van der Waals surface area contributed by atoms with Crippen molar-refractivity contribution in [1.29, 1.82) is 0 Å². The van der Waals surface area contributed by atoms with Gasteiger partial charge in [0.1, 0.15) is 0 Å². The van der Waals surface area contributed by atoms with Crippen molar-refractivity contribution in [2.24, 2.45) is 5.84 Å². The lowest BCUT2D eigenvalue weighted by Gasteiger charge is -2.21. The Morgan fingerprint density at radius 3 is 3.06 bits per heavy atom. The number of nitrogen functional groups attached to an aromatic ring is 1. The molecule has 0 bridgehead atoms. The Kier molecular flexibility index (Phi) is 4.06. The number of carbonyl (C=O) groups excluding carboxylic acids is 1. The minimum Gasteiger partial charge on any atom is -0.377 e. The van der Waals surface area contributed by atoms with E-state index in [1.165, 1.54) is 0 Å². The molecule has 0 saturated carbocycles. The van der Waals surface area contributed by atoms with Crippen molar-refractivity contribution in [3.63, 3.8) is 0 Å². The highest BCUT2D eigenvalue weighted by atomic mass is 16.5. The third kappa shape index (κ3) is 2.93. The van der Waals surface area contributed by atoms with Crippen molar-refractivity contribution in [2.75, 3.05) is 25.1 Å². The maximum atomic E-state index is 12.2. The molecule has 0 radical (unpaired) electrons. The number of nitrogens with one attached hydrogen (secondary N) is 1. The Morgan fingerprint density at radius 2 is 2.39 bits per heavy atom. The summed E-state index contributed by atoms with van der Waals surface area (Å²) < 4.78 is 5.50. The maximum absolute atomic E-state index is 12.2. The van der Waals surface area contributed by atoms with Gasteiger partial charge in [0.25, 0.3) is 5.91 Å². The fourth-order valence-electron chi connectivity index (χ4n) is 1.86. The van der Waals surface area contributed by atoms with Crippen molar-refractivity contribution < 1.29 is 9.53 Å². The van der Waals surface area contributed by atoms with Crippen molar-refractivity contribution in [3.05, 3.63) is 17.8 Å². The van der Waals surface area contributed by atoms with Crippen LogP contribution in [0.15, 0.2) is 12.1 Å². The summed E-state index contributed by atoms with van der Waals surface area (Å²) in [6.45, 7) is 3.91. The van der Waals surface area contributed by atoms with Crippen LogP contribution < -0.4 is 11.3 Å². The molecule has 0 aliphatic carbocycles. The smallest absolute Gasteiger partial charge is 0.274 e. The first-order valence-corrected chi connectivity index (χ1v) is 5.92. The molecule has 7 heteroatoms. The molecule has 0 spiro atoms. The van der Waals surface area contributed by atoms with Gasteiger partial charge in [0.2, 0.25) is 0 Å². The molecular weight excluding hydrogens is 234 g/mol. The van der Waals surface area contributed by atoms with Gasteiger partial charge in [-0.1, -0.05) is 0 Å². The quantitative estimate of drug-likeness (QED) is 0.568. The first-order valence-electron chi connectivity index (χ1n) is 5.92. The zero-order valence-corrected chi connectivity index (χ0v) is 10.3. The highest BCUT2D eigenvalue weighted by Gasteiger charge is 2.22. The van der Waals surface area contributed by atoms with E-state index in [0.717, 1.165) is 6.42 Å². The number of nitrogens with two attached hydrogens (primary N) is 1. The molecule has 1 aromatic heterocycles. The van der Waals surface area contributed by atoms with Crippen LogP contribution in [0.5, 0.6) is 0 Å². The standard InChI is InChI=1S/C11H17N5O2/c1-8-7-16(5-2-6-18-8)11(17)9-3-4-10(13-12)15-14-9/h3-4,8H,2,5-7,12H2,1H3,(H,13,15). The predicted octanol–water partition coefficient (Wildman–Crippen LogP) is 0.0132. The predicted molar refractivity (Wildman–Crippen MR) is 65.8 cm³/mol. The molecule has 1 aliphatic heterocycles. The number of hydrazine groups is 1. The molecule has 7 nitrogen and oxygen atoms in total. The number of hydrogen-bond acceptors (Lipinski definition) is 6. The number of hydrogen-bond donors (Lipinski definition) is 2. The van der Waals surface area contributed by atoms with Crippen LogP contribution in [-0.2, 0) is 4.74 Å². The summed E-state index contributed by atoms with van der Waals surface area (Å²) in [5.74, 6) is 5.50. The monoisotopic (exact) mass is 251 g/mol. The second-order valence-corrected chi connectivity index (χ2v) is 4.23. The van der Waals surface area contributed by atoms with E-state index in [4.69, 9.17) is 10.6 Å². The number of rotatable bonds is 2. The van der Waals surface area contributed by atoms with E-state index >= 15 is 0 Å². The Bertz CT molecular complexity index is 408. The molecule has 1 fully saturated rings. The first-order chi connectivity index (χ1) is 8.70. The zero-order valence-electron chi connectivity index (χ0n) is 10.3. The van der Waals surface area contributed by atoms with E-state index in [2.05, 4.69) is 15.6 Å². The summed E-state index contributed by atoms with van der Waals surface area (Å²) in [5, 5.41) is 7.65. The molecule has 0 aromatic carbocycles. The Hall–Kier alpha value is -1.73. The van der Waals surface area contributed by atoms with Crippen LogP contribution in [0.1, 0.15) is 23.8 Å². The zero-order chi connectivity index (χ0) is 13.0. The maximum Gasteiger partial charge on any atom is 0.274 e. The fourth-order valence-corrected chi connectivity index (χ4v) is 1.86. The highest BCUT2D eigenvalue weighted by Crippen LogP contribution is 2.10. The summed E-state index contributed by atoms with van der Waals surface area (Å²) in [6.07, 6.45) is 0.890. The summed E-state index contributed by atoms with van der Waals surface area (Å²) in [5.41, 5.74) is 2.69. The van der Waals surface area contributed by atoms with E-state index < -0.39 is 0 Å². The molecule has 1 amide bonds. The van der Waals surface area contributed by atoms with Crippen LogP contribution in [-0.4, -0.2) is 46.8 Å². The van der Waals surface area contributed by atoms with Gasteiger partial charge in [-0.25, -0.2) is 5.84 Å². The molecule has 1 aromatic rings. The van der Waals surface area contributed by atoms with Crippen molar-refractivity contribution in [3.8, 4) is 0 Å². The van der Waals surface area contributed by atoms with Crippen LogP contribution >= 0.6 is 0 Å². The summed E-state index contributed by atoms with van der Waals surface area (Å²) in [4.78, 5) is 14.0. The number of nitrogens with zero attached hydrogens (tertiary/aromatic N) is 3. The molecule has 2 rings (SSSR count). The lowest BCUT2D eigenvalue weighted by molar-refractivity contribution is 0.0559. The van der Waals surface area contributed by atoms with Crippen LogP contribution in [0.2, 0.25) is 0 Å². The van der Waals surface area contributed by atoms with E-state index in [-0.39, 0.29) is 12.0 Å². The number of aromatic nitrogens is 2. The topological polar surface area (TPSA) is 93.4 Å². The van der Waals surface area contributed by atoms with E-state index in [1.807, 2.05) is 6.92 Å². The molecule has 18 heavy (non-hydrogen) atoms. The lowest BCUT2D eigenvalue weighted by atomic mass is 10.3. The van der Waals surface area contributed by atoms with Crippen LogP contribution in [0.4, 0.5) is 5.82 Å². The number of carbonyl (C=O) groups is 1. The van der Waals surface area contributed by atoms with E-state index in [9.17, 15) is 4.79 Å². The van der Waals surface area contributed by atoms with Gasteiger partial charge in [0.05, 0.1) is 6.10 Å². The molecule has 3 N–H and O–H groups in total. The van der Waals surface area contributed by atoms with Crippen molar-refractivity contribution in [2.45, 2.75) is 19.4 Å². The Labute approximate surface area is 105 Å². The van der Waals surface area contributed by atoms with Gasteiger partial charge in [-0.05, 0) is 25.5 Å². The molecule has 98 valence electrons. The van der Waals surface area contributed by atoms with Crippen LogP contribution in [0, 0.1) is 0 Å². The van der Waals surface area contributed by atoms with Crippen molar-refractivity contribution in [1.82, 2.24) is 15.1 Å². The van der Waals surface area contributed by atoms with E-state index in [0.29, 0.717) is 31.2 Å². The van der Waals surface area contributed by atoms with Crippen LogP contribution in [0.3, 0.4) is 0 Å². The third-order valence-electron chi connectivity index (χ3n) is 2.77. The van der Waals surface area contributed by atoms with Gasteiger partial charge in [-0.15, -0.1) is 10.2 Å². The summed E-state index contributed by atoms with van der Waals surface area (Å²) in [6, 6.07) is 3.24. The van der Waals surface area contributed by atoms with Gasteiger partial charge < -0.3 is 15.1 Å². The molecule has 1 atom stereocenters. The van der Waals surface area contributed by atoms with Gasteiger partial charge in [0.15, 0.2) is 11.5 Å². The SMILES string of the molecule is CC1CN(C(=O)c2ccc(NN)nn2)CCCO1. The summed E-state index contributed by atoms with van der Waals surface area (Å²) >= 11 is 0. The third-order valence-corrected chi connectivity index (χ3v) is 2.77. The second kappa shape index (κ2) is 5.74. The van der Waals surface area contributed by atoms with Gasteiger partial charge in [0, 0.05) is 19.7 Å². The summed E-state index contributed by atoms with van der Waals surface area (Å²) in [7, 11) is 0. The largest absolute Gasteiger partial charge is 0.377 e. The molecule has 1 aliphatic rings.